The zero-order valence-electron chi connectivity index (χ0n) is 10.5. The minimum atomic E-state index is 0.859. The number of nitrogens with zero attached hydrogens (tertiary/aromatic N) is 5. The molecule has 5 nitrogen and oxygen atoms in total. The average Bonchev–Trinajstić information content (AvgIpc) is 3.06. The molecule has 0 atom stereocenters. The van der Waals surface area contributed by atoms with E-state index in [0.29, 0.717) is 0 Å². The molecule has 0 spiro atoms. The van der Waals surface area contributed by atoms with Crippen LogP contribution in [-0.2, 0) is 7.05 Å². The molecule has 0 fully saturated rings. The van der Waals surface area contributed by atoms with E-state index in [1.807, 2.05) is 37.0 Å². The fourth-order valence-corrected chi connectivity index (χ4v) is 3.24. The summed E-state index contributed by atoms with van der Waals surface area (Å²) in [6.45, 7) is 2.04. The lowest BCUT2D eigenvalue weighted by atomic mass is 10.2. The van der Waals surface area contributed by atoms with Gasteiger partial charge in [-0.15, -0.1) is 10.2 Å². The molecule has 4 rings (SSSR count). The van der Waals surface area contributed by atoms with Gasteiger partial charge in [-0.1, -0.05) is 23.5 Å². The predicted octanol–water partition coefficient (Wildman–Crippen LogP) is 2.65. The van der Waals surface area contributed by atoms with Crippen molar-refractivity contribution in [2.45, 2.75) is 6.92 Å². The quantitative estimate of drug-likeness (QED) is 0.534. The van der Waals surface area contributed by atoms with E-state index in [0.717, 1.165) is 27.6 Å². The minimum absolute atomic E-state index is 0.859. The first kappa shape index (κ1) is 10.7. The van der Waals surface area contributed by atoms with Crippen molar-refractivity contribution >= 4 is 26.5 Å². The summed E-state index contributed by atoms with van der Waals surface area (Å²) >= 11 is 1.65. The van der Waals surface area contributed by atoms with Crippen LogP contribution < -0.4 is 0 Å². The highest BCUT2D eigenvalue weighted by molar-refractivity contribution is 7.23. The summed E-state index contributed by atoms with van der Waals surface area (Å²) in [5, 5.41) is 12.9. The number of aromatic nitrogens is 5. The third-order valence-electron chi connectivity index (χ3n) is 3.42. The largest absolute Gasteiger partial charge is 0.272 e. The van der Waals surface area contributed by atoms with E-state index in [4.69, 9.17) is 0 Å². The molecule has 0 saturated heterocycles. The molecule has 0 aliphatic heterocycles. The van der Waals surface area contributed by atoms with Crippen LogP contribution in [0.5, 0.6) is 0 Å². The Hall–Kier alpha value is -2.21. The Balaban J connectivity index is 2.12. The fraction of sp³-hybridized carbons (Fsp3) is 0.154. The summed E-state index contributed by atoms with van der Waals surface area (Å²) in [7, 11) is 1.93. The highest BCUT2D eigenvalue weighted by Gasteiger charge is 2.16. The Labute approximate surface area is 113 Å². The van der Waals surface area contributed by atoms with Crippen molar-refractivity contribution < 1.29 is 0 Å². The van der Waals surface area contributed by atoms with E-state index < -0.39 is 0 Å². The molecule has 0 amide bonds. The van der Waals surface area contributed by atoms with Crippen LogP contribution in [-0.4, -0.2) is 24.4 Å². The van der Waals surface area contributed by atoms with Crippen LogP contribution in [0.15, 0.2) is 30.5 Å². The Morgan fingerprint density at radius 2 is 2.00 bits per heavy atom. The summed E-state index contributed by atoms with van der Waals surface area (Å²) in [6, 6.07) is 8.28. The number of hydrogen-bond acceptors (Lipinski definition) is 4. The summed E-state index contributed by atoms with van der Waals surface area (Å²) in [4.78, 5) is 0.916. The van der Waals surface area contributed by atoms with Crippen LogP contribution in [0.25, 0.3) is 26.6 Å². The van der Waals surface area contributed by atoms with Crippen LogP contribution >= 0.6 is 11.3 Å². The fourth-order valence-electron chi connectivity index (χ4n) is 2.27. The Morgan fingerprint density at radius 3 is 2.79 bits per heavy atom. The van der Waals surface area contributed by atoms with Crippen molar-refractivity contribution in [3.63, 3.8) is 0 Å². The first-order chi connectivity index (χ1) is 9.25. The molecular formula is C13H11N5S. The molecule has 3 aromatic heterocycles. The van der Waals surface area contributed by atoms with E-state index >= 15 is 0 Å². The summed E-state index contributed by atoms with van der Waals surface area (Å²) in [6.07, 6.45) is 1.85. The first-order valence-electron chi connectivity index (χ1n) is 5.97. The Kier molecular flexibility index (Phi) is 2.05. The smallest absolute Gasteiger partial charge is 0.217 e. The van der Waals surface area contributed by atoms with Crippen molar-refractivity contribution in [2.24, 2.45) is 7.05 Å². The van der Waals surface area contributed by atoms with E-state index in [9.17, 15) is 0 Å². The predicted molar refractivity (Wildman–Crippen MR) is 75.3 cm³/mol. The second-order valence-corrected chi connectivity index (χ2v) is 5.49. The molecule has 94 valence electrons. The molecule has 19 heavy (non-hydrogen) atoms. The molecule has 4 aromatic rings. The number of hydrogen-bond donors (Lipinski definition) is 0. The van der Waals surface area contributed by atoms with Gasteiger partial charge in [0.15, 0.2) is 5.82 Å². The average molecular weight is 269 g/mol. The molecule has 0 aliphatic carbocycles. The lowest BCUT2D eigenvalue weighted by molar-refractivity contribution is 0.740. The van der Waals surface area contributed by atoms with Gasteiger partial charge in [-0.25, -0.2) is 0 Å². The first-order valence-corrected chi connectivity index (χ1v) is 6.79. The van der Waals surface area contributed by atoms with Crippen molar-refractivity contribution in [3.8, 4) is 11.4 Å². The monoisotopic (exact) mass is 269 g/mol. The molecule has 0 N–H and O–H groups in total. The topological polar surface area (TPSA) is 48.0 Å². The van der Waals surface area contributed by atoms with E-state index in [2.05, 4.69) is 31.8 Å². The lowest BCUT2D eigenvalue weighted by Crippen LogP contribution is -1.94. The van der Waals surface area contributed by atoms with E-state index in [-0.39, 0.29) is 0 Å². The third kappa shape index (κ3) is 1.37. The van der Waals surface area contributed by atoms with Gasteiger partial charge in [0.1, 0.15) is 0 Å². The van der Waals surface area contributed by atoms with Gasteiger partial charge in [0.25, 0.3) is 0 Å². The maximum absolute atomic E-state index is 4.32. The van der Waals surface area contributed by atoms with E-state index in [1.54, 1.807) is 11.3 Å². The number of rotatable bonds is 1. The standard InChI is InChI=1S/C13H11N5S/c1-8-9(7-14-17(8)2)12-15-16-13-18(12)10-5-3-4-6-11(10)19-13/h3-7H,1-2H3. The third-order valence-corrected chi connectivity index (χ3v) is 4.43. The molecule has 0 radical (unpaired) electrons. The highest BCUT2D eigenvalue weighted by atomic mass is 32.1. The zero-order chi connectivity index (χ0) is 13.0. The number of thiazole rings is 1. The number of fused-ring (bicyclic) bond motifs is 3. The second kappa shape index (κ2) is 3.64. The molecule has 3 heterocycles. The van der Waals surface area contributed by atoms with Gasteiger partial charge >= 0.3 is 0 Å². The van der Waals surface area contributed by atoms with Crippen LogP contribution in [0.3, 0.4) is 0 Å². The SMILES string of the molecule is Cc1c(-c2nnc3sc4ccccc4n23)cnn1C. The minimum Gasteiger partial charge on any atom is -0.272 e. The van der Waals surface area contributed by atoms with Crippen LogP contribution in [0.2, 0.25) is 0 Å². The van der Waals surface area contributed by atoms with Crippen molar-refractivity contribution in [3.05, 3.63) is 36.2 Å². The van der Waals surface area contributed by atoms with Crippen molar-refractivity contribution in [1.82, 2.24) is 24.4 Å². The summed E-state index contributed by atoms with van der Waals surface area (Å²) < 4.78 is 5.17. The number of para-hydroxylation sites is 1. The number of benzene rings is 1. The van der Waals surface area contributed by atoms with Gasteiger partial charge in [-0.05, 0) is 19.1 Å². The van der Waals surface area contributed by atoms with Crippen LogP contribution in [0.4, 0.5) is 0 Å². The number of aryl methyl sites for hydroxylation is 1. The van der Waals surface area contributed by atoms with Crippen molar-refractivity contribution in [2.75, 3.05) is 0 Å². The highest BCUT2D eigenvalue weighted by Crippen LogP contribution is 2.30. The normalized spacial score (nSPS) is 11.7. The molecule has 0 saturated carbocycles. The van der Waals surface area contributed by atoms with Crippen LogP contribution in [0, 0.1) is 6.92 Å². The molecule has 0 bridgehead atoms. The molecule has 0 aliphatic rings. The molecule has 0 unspecified atom stereocenters. The maximum Gasteiger partial charge on any atom is 0.217 e. The van der Waals surface area contributed by atoms with Crippen LogP contribution in [0.1, 0.15) is 5.69 Å². The maximum atomic E-state index is 4.32. The Bertz CT molecular complexity index is 898. The van der Waals surface area contributed by atoms with Gasteiger partial charge in [-0.3, -0.25) is 9.08 Å². The van der Waals surface area contributed by atoms with Gasteiger partial charge in [0.2, 0.25) is 4.96 Å². The van der Waals surface area contributed by atoms with Crippen molar-refractivity contribution in [1.29, 1.82) is 0 Å². The molecular weight excluding hydrogens is 258 g/mol. The molecule has 1 aromatic carbocycles. The van der Waals surface area contributed by atoms with Gasteiger partial charge in [0, 0.05) is 12.7 Å². The van der Waals surface area contributed by atoms with E-state index in [1.165, 1.54) is 4.70 Å². The summed E-state index contributed by atoms with van der Waals surface area (Å²) in [5.41, 5.74) is 3.26. The van der Waals surface area contributed by atoms with Gasteiger partial charge in [-0.2, -0.15) is 5.10 Å². The summed E-state index contributed by atoms with van der Waals surface area (Å²) in [5.74, 6) is 0.859. The zero-order valence-corrected chi connectivity index (χ0v) is 11.3. The molecule has 6 heteroatoms. The lowest BCUT2D eigenvalue weighted by Gasteiger charge is -1.98. The Morgan fingerprint density at radius 1 is 1.16 bits per heavy atom. The van der Waals surface area contributed by atoms with Gasteiger partial charge < -0.3 is 0 Å². The second-order valence-electron chi connectivity index (χ2n) is 4.48. The van der Waals surface area contributed by atoms with Gasteiger partial charge in [0.05, 0.1) is 22.0 Å².